The number of rotatable bonds is 7. The lowest BCUT2D eigenvalue weighted by molar-refractivity contribution is -0.274. The molecule has 3 aliphatic rings. The van der Waals surface area contributed by atoms with Crippen LogP contribution >= 0.6 is 0 Å². The summed E-state index contributed by atoms with van der Waals surface area (Å²) in [5.74, 6) is -6.75. The molecule has 2 atom stereocenters. The number of piperidine rings is 2. The first-order valence-electron chi connectivity index (χ1n) is 17.0. The standard InChI is InChI=1S/C36H38F6N6O5/c1-20-21(2)33(51)45(3)18-25(20)22-4-6-24(29(16-22)53-36(40,41)42)34(52)48-11-10-30(35(38,39)19-48)47-14-12-46(13-15-47)28-8-5-23(17-26(28)37)43-27-7-9-31(49)44-32(27)50/h4-6,8,16-18,27,30,43H,7,9-15,19H2,1-3H3,(H,44,49,50)/t27-,30-/m0/s1. The van der Waals surface area contributed by atoms with Crippen molar-refractivity contribution in [3.63, 3.8) is 0 Å². The van der Waals surface area contributed by atoms with Gasteiger partial charge in [-0.3, -0.25) is 29.4 Å². The number of piperazine rings is 1. The van der Waals surface area contributed by atoms with E-state index in [2.05, 4.69) is 15.4 Å². The van der Waals surface area contributed by atoms with Gasteiger partial charge >= 0.3 is 6.36 Å². The number of hydrogen-bond acceptors (Lipinski definition) is 8. The predicted octanol–water partition coefficient (Wildman–Crippen LogP) is 4.60. The van der Waals surface area contributed by atoms with Gasteiger partial charge in [0, 0.05) is 69.2 Å². The van der Waals surface area contributed by atoms with Crippen molar-refractivity contribution < 1.29 is 45.5 Å². The number of nitrogens with one attached hydrogen (secondary N) is 2. The number of benzene rings is 2. The molecule has 0 spiro atoms. The summed E-state index contributed by atoms with van der Waals surface area (Å²) in [6.07, 6.45) is -3.45. The number of ether oxygens (including phenoxy) is 1. The van der Waals surface area contributed by atoms with Gasteiger partial charge in [0.1, 0.15) is 17.6 Å². The van der Waals surface area contributed by atoms with E-state index in [1.165, 1.54) is 36.0 Å². The number of amides is 3. The summed E-state index contributed by atoms with van der Waals surface area (Å²) >= 11 is 0. The van der Waals surface area contributed by atoms with Crippen molar-refractivity contribution in [3.05, 3.63) is 75.5 Å². The molecular weight excluding hydrogens is 710 g/mol. The zero-order valence-electron chi connectivity index (χ0n) is 29.2. The number of aryl methyl sites for hydroxylation is 1. The van der Waals surface area contributed by atoms with Crippen LogP contribution in [0.2, 0.25) is 0 Å². The third-order valence-electron chi connectivity index (χ3n) is 10.2. The van der Waals surface area contributed by atoms with Crippen LogP contribution in [0.5, 0.6) is 5.75 Å². The fourth-order valence-corrected chi connectivity index (χ4v) is 7.22. The molecule has 3 fully saturated rings. The minimum atomic E-state index is -5.18. The molecule has 3 amide bonds. The summed E-state index contributed by atoms with van der Waals surface area (Å²) in [5, 5.41) is 5.15. The van der Waals surface area contributed by atoms with Crippen molar-refractivity contribution in [2.45, 2.75) is 57.5 Å². The summed E-state index contributed by atoms with van der Waals surface area (Å²) < 4.78 is 92.8. The van der Waals surface area contributed by atoms with Gasteiger partial charge in [-0.1, -0.05) is 6.07 Å². The second-order valence-electron chi connectivity index (χ2n) is 13.6. The van der Waals surface area contributed by atoms with E-state index in [0.717, 1.165) is 17.0 Å². The number of aromatic nitrogens is 1. The molecule has 2 N–H and O–H groups in total. The third-order valence-corrected chi connectivity index (χ3v) is 10.2. The summed E-state index contributed by atoms with van der Waals surface area (Å²) in [6.45, 7) is 2.83. The Hall–Kier alpha value is -5.06. The number of pyridine rings is 1. The number of halogens is 6. The monoisotopic (exact) mass is 748 g/mol. The quantitative estimate of drug-likeness (QED) is 0.267. The van der Waals surface area contributed by atoms with Crippen molar-refractivity contribution in [1.82, 2.24) is 19.7 Å². The first kappa shape index (κ1) is 37.7. The van der Waals surface area contributed by atoms with Crippen LogP contribution < -0.4 is 25.8 Å². The minimum absolute atomic E-state index is 0.151. The Morgan fingerprint density at radius 1 is 0.962 bits per heavy atom. The van der Waals surface area contributed by atoms with Gasteiger partial charge in [0.15, 0.2) is 0 Å². The first-order chi connectivity index (χ1) is 24.9. The number of carbonyl (C=O) groups is 3. The van der Waals surface area contributed by atoms with Crippen LogP contribution in [0.3, 0.4) is 0 Å². The zero-order valence-corrected chi connectivity index (χ0v) is 29.2. The second-order valence-corrected chi connectivity index (χ2v) is 13.6. The van der Waals surface area contributed by atoms with Gasteiger partial charge < -0.3 is 24.4 Å². The molecule has 1 aromatic heterocycles. The van der Waals surface area contributed by atoms with Gasteiger partial charge in [0.05, 0.1) is 23.8 Å². The molecule has 6 rings (SSSR count). The van der Waals surface area contributed by atoms with Crippen LogP contribution in [0.15, 0.2) is 47.4 Å². The Bertz CT molecular complexity index is 1990. The van der Waals surface area contributed by atoms with Gasteiger partial charge in [0.25, 0.3) is 17.4 Å². The Kier molecular flexibility index (Phi) is 10.2. The zero-order chi connectivity index (χ0) is 38.4. The van der Waals surface area contributed by atoms with Crippen molar-refractivity contribution in [2.24, 2.45) is 7.05 Å². The smallest absolute Gasteiger partial charge is 0.405 e. The lowest BCUT2D eigenvalue weighted by Gasteiger charge is -2.46. The highest BCUT2D eigenvalue weighted by molar-refractivity contribution is 6.01. The Morgan fingerprint density at radius 3 is 2.32 bits per heavy atom. The Balaban J connectivity index is 1.11. The maximum Gasteiger partial charge on any atom is 0.573 e. The highest BCUT2D eigenvalue weighted by Gasteiger charge is 2.49. The van der Waals surface area contributed by atoms with E-state index in [-0.39, 0.29) is 74.7 Å². The van der Waals surface area contributed by atoms with Gasteiger partial charge in [-0.25, -0.2) is 13.2 Å². The summed E-state index contributed by atoms with van der Waals surface area (Å²) in [5.41, 5.74) is 1.38. The van der Waals surface area contributed by atoms with E-state index >= 15 is 13.2 Å². The van der Waals surface area contributed by atoms with Gasteiger partial charge in [-0.15, -0.1) is 13.2 Å². The predicted molar refractivity (Wildman–Crippen MR) is 183 cm³/mol. The fourth-order valence-electron chi connectivity index (χ4n) is 7.22. The van der Waals surface area contributed by atoms with E-state index < -0.39 is 59.9 Å². The van der Waals surface area contributed by atoms with Crippen LogP contribution in [-0.4, -0.2) is 95.7 Å². The van der Waals surface area contributed by atoms with Crippen molar-refractivity contribution in [2.75, 3.05) is 49.5 Å². The van der Waals surface area contributed by atoms with E-state index in [1.807, 2.05) is 0 Å². The number of hydrogen-bond donors (Lipinski definition) is 2. The number of nitrogens with zero attached hydrogens (tertiary/aromatic N) is 4. The molecule has 0 bridgehead atoms. The highest BCUT2D eigenvalue weighted by Crippen LogP contribution is 2.37. The van der Waals surface area contributed by atoms with Crippen molar-refractivity contribution in [1.29, 1.82) is 0 Å². The van der Waals surface area contributed by atoms with Gasteiger partial charge in [-0.2, -0.15) is 0 Å². The third kappa shape index (κ3) is 7.99. The van der Waals surface area contributed by atoms with Crippen LogP contribution in [0.25, 0.3) is 11.1 Å². The molecule has 0 saturated carbocycles. The first-order valence-corrected chi connectivity index (χ1v) is 17.0. The largest absolute Gasteiger partial charge is 0.573 e. The van der Waals surface area contributed by atoms with Gasteiger partial charge in [-0.05, 0) is 68.1 Å². The summed E-state index contributed by atoms with van der Waals surface area (Å²) in [7, 11) is 1.50. The second kappa shape index (κ2) is 14.4. The maximum atomic E-state index is 15.8. The molecule has 11 nitrogen and oxygen atoms in total. The number of imide groups is 1. The molecule has 0 aliphatic carbocycles. The molecule has 3 aliphatic heterocycles. The molecule has 4 heterocycles. The average Bonchev–Trinajstić information content (AvgIpc) is 3.09. The van der Waals surface area contributed by atoms with E-state index in [4.69, 9.17) is 0 Å². The Morgan fingerprint density at radius 2 is 1.68 bits per heavy atom. The molecule has 284 valence electrons. The van der Waals surface area contributed by atoms with E-state index in [9.17, 15) is 32.3 Å². The Labute approximate surface area is 300 Å². The summed E-state index contributed by atoms with van der Waals surface area (Å²) in [6, 6.07) is 5.93. The molecule has 53 heavy (non-hydrogen) atoms. The van der Waals surface area contributed by atoms with Gasteiger partial charge in [0.2, 0.25) is 11.8 Å². The van der Waals surface area contributed by atoms with Crippen LogP contribution in [0.4, 0.5) is 37.7 Å². The topological polar surface area (TPSA) is 116 Å². The number of anilines is 2. The number of carbonyl (C=O) groups excluding carboxylic acids is 3. The van der Waals surface area contributed by atoms with E-state index in [0.29, 0.717) is 22.4 Å². The molecule has 3 aromatic rings. The lowest BCUT2D eigenvalue weighted by atomic mass is 9.96. The fraction of sp³-hybridized carbons (Fsp3) is 0.444. The average molecular weight is 749 g/mol. The van der Waals surface area contributed by atoms with Crippen molar-refractivity contribution in [3.8, 4) is 16.9 Å². The number of alkyl halides is 5. The minimum Gasteiger partial charge on any atom is -0.405 e. The number of likely N-dealkylation sites (tertiary alicyclic amines) is 1. The highest BCUT2D eigenvalue weighted by atomic mass is 19.4. The van der Waals surface area contributed by atoms with Crippen LogP contribution in [0.1, 0.15) is 40.7 Å². The van der Waals surface area contributed by atoms with Crippen molar-refractivity contribution >= 4 is 29.1 Å². The molecule has 3 saturated heterocycles. The molecule has 17 heteroatoms. The molecule has 0 radical (unpaired) electrons. The SMILES string of the molecule is Cc1c(-c2ccc(C(=O)N3CC[C@H](N4CCN(c5ccc(N[C@H]6CCC(=O)NC6=O)cc5F)CC4)C(F)(F)C3)c(OC(F)(F)F)c2)cn(C)c(=O)c1C. The molecular formula is C36H38F6N6O5. The lowest BCUT2D eigenvalue weighted by Crippen LogP contribution is -2.62. The molecule has 0 unspecified atom stereocenters. The maximum absolute atomic E-state index is 15.8. The summed E-state index contributed by atoms with van der Waals surface area (Å²) in [4.78, 5) is 53.5. The van der Waals surface area contributed by atoms with Crippen LogP contribution in [0, 0.1) is 19.7 Å². The molecule has 2 aromatic carbocycles. The van der Waals surface area contributed by atoms with E-state index in [1.54, 1.807) is 29.7 Å². The normalized spacial score (nSPS) is 21.0. The van der Waals surface area contributed by atoms with Crippen LogP contribution in [-0.2, 0) is 16.6 Å².